The van der Waals surface area contributed by atoms with Crippen molar-refractivity contribution in [3.05, 3.63) is 90.0 Å². The first-order valence-corrected chi connectivity index (χ1v) is 13.2. The first-order chi connectivity index (χ1) is 15.0. The summed E-state index contributed by atoms with van der Waals surface area (Å²) in [5.41, 5.74) is 2.10. The van der Waals surface area contributed by atoms with E-state index in [-0.39, 0.29) is 0 Å². The summed E-state index contributed by atoms with van der Waals surface area (Å²) >= 11 is 18.0. The molecule has 0 fully saturated rings. The monoisotopic (exact) mass is 485 g/mol. The van der Waals surface area contributed by atoms with Crippen LogP contribution in [0.5, 0.6) is 11.5 Å². The maximum Gasteiger partial charge on any atom is 0.384 e. The Hall–Kier alpha value is -2.56. The molecule has 1 unspecified atom stereocenters. The highest BCUT2D eigenvalue weighted by molar-refractivity contribution is 8.22. The Morgan fingerprint density at radius 2 is 1.58 bits per heavy atom. The predicted molar refractivity (Wildman–Crippen MR) is 130 cm³/mol. The van der Waals surface area contributed by atoms with E-state index >= 15 is 0 Å². The molecule has 1 aromatic heterocycles. The van der Waals surface area contributed by atoms with Gasteiger partial charge in [0.25, 0.3) is 0 Å². The average molecular weight is 486 g/mol. The lowest BCUT2D eigenvalue weighted by Crippen LogP contribution is -1.97. The summed E-state index contributed by atoms with van der Waals surface area (Å²) in [7, 11) is 0. The van der Waals surface area contributed by atoms with Gasteiger partial charge in [-0.05, 0) is 64.5 Å². The highest BCUT2D eigenvalue weighted by Crippen LogP contribution is 2.55. The van der Waals surface area contributed by atoms with E-state index in [1.54, 1.807) is 30.3 Å². The van der Waals surface area contributed by atoms with Crippen molar-refractivity contribution in [3.8, 4) is 23.0 Å². The van der Waals surface area contributed by atoms with Crippen molar-refractivity contribution in [2.24, 2.45) is 0 Å². The second-order valence-electron chi connectivity index (χ2n) is 6.71. The van der Waals surface area contributed by atoms with Crippen LogP contribution in [0.25, 0.3) is 33.3 Å². The van der Waals surface area contributed by atoms with Gasteiger partial charge in [-0.2, -0.15) is 0 Å². The summed E-state index contributed by atoms with van der Waals surface area (Å²) < 4.78 is 17.9. The maximum absolute atomic E-state index is 6.53. The Kier molecular flexibility index (Phi) is 5.37. The normalized spacial score (nSPS) is 13.2. The van der Waals surface area contributed by atoms with Gasteiger partial charge in [-0.15, -0.1) is 0 Å². The van der Waals surface area contributed by atoms with Crippen molar-refractivity contribution in [2.45, 2.75) is 0 Å². The van der Waals surface area contributed by atoms with Gasteiger partial charge in [0.1, 0.15) is 17.0 Å². The third kappa shape index (κ3) is 4.28. The van der Waals surface area contributed by atoms with Crippen LogP contribution in [0.1, 0.15) is 0 Å². The summed E-state index contributed by atoms with van der Waals surface area (Å²) in [6.07, 6.45) is 0. The van der Waals surface area contributed by atoms with E-state index in [0.29, 0.717) is 33.6 Å². The van der Waals surface area contributed by atoms with Crippen molar-refractivity contribution in [1.29, 1.82) is 0 Å². The van der Waals surface area contributed by atoms with Crippen LogP contribution in [0.4, 0.5) is 0 Å². The van der Waals surface area contributed by atoms with Crippen molar-refractivity contribution in [1.82, 2.24) is 4.98 Å². The fraction of sp³-hybridized carbons (Fsp3) is 0. The molecule has 0 aliphatic carbocycles. The SMILES string of the molecule is S=P(Cl)(Oc1ccc(Cl)cc1)Oc1ccc2ccccc2c1-c1nc2ccccc2o1. The van der Waals surface area contributed by atoms with Gasteiger partial charge in [-0.1, -0.05) is 54.1 Å². The molecular formula is C23H14Cl2NO3PS. The Morgan fingerprint density at radius 1 is 0.839 bits per heavy atom. The van der Waals surface area contributed by atoms with Crippen LogP contribution in [0.2, 0.25) is 5.02 Å². The minimum Gasteiger partial charge on any atom is -0.436 e. The van der Waals surface area contributed by atoms with E-state index < -0.39 is 5.84 Å². The van der Waals surface area contributed by atoms with Gasteiger partial charge in [0.05, 0.1) is 5.56 Å². The Balaban J connectivity index is 1.60. The molecule has 5 aromatic rings. The summed E-state index contributed by atoms with van der Waals surface area (Å²) in [5, 5.41) is 2.50. The second-order valence-corrected chi connectivity index (χ2v) is 11.8. The number of oxazole rings is 1. The average Bonchev–Trinajstić information content (AvgIpc) is 3.18. The summed E-state index contributed by atoms with van der Waals surface area (Å²) in [6, 6.07) is 26.0. The van der Waals surface area contributed by atoms with Crippen LogP contribution >= 0.6 is 28.7 Å². The summed E-state index contributed by atoms with van der Waals surface area (Å²) in [5.74, 6) is -1.88. The fourth-order valence-corrected chi connectivity index (χ4v) is 5.17. The van der Waals surface area contributed by atoms with E-state index in [4.69, 9.17) is 48.1 Å². The molecule has 0 saturated heterocycles. The molecule has 4 aromatic carbocycles. The van der Waals surface area contributed by atoms with Crippen LogP contribution < -0.4 is 9.05 Å². The fourth-order valence-electron chi connectivity index (χ4n) is 3.28. The van der Waals surface area contributed by atoms with Gasteiger partial charge in [0.2, 0.25) is 5.89 Å². The third-order valence-electron chi connectivity index (χ3n) is 4.63. The molecule has 8 heteroatoms. The van der Waals surface area contributed by atoms with Gasteiger partial charge < -0.3 is 13.5 Å². The van der Waals surface area contributed by atoms with Gasteiger partial charge in [0.15, 0.2) is 5.58 Å². The smallest absolute Gasteiger partial charge is 0.384 e. The lowest BCUT2D eigenvalue weighted by Gasteiger charge is -2.19. The van der Waals surface area contributed by atoms with Gasteiger partial charge in [0, 0.05) is 16.8 Å². The van der Waals surface area contributed by atoms with E-state index in [1.807, 2.05) is 54.6 Å². The van der Waals surface area contributed by atoms with Gasteiger partial charge in [-0.3, -0.25) is 0 Å². The number of aromatic nitrogens is 1. The standard InChI is InChI=1S/C23H14Cl2NO3PS/c24-16-10-12-17(13-11-16)28-30(25,31)29-21-14-9-15-5-1-2-6-18(15)22(21)23-26-19-7-3-4-8-20(19)27-23/h1-14H. The van der Waals surface area contributed by atoms with Gasteiger partial charge in [-0.25, -0.2) is 4.98 Å². The topological polar surface area (TPSA) is 44.5 Å². The number of hydrogen-bond donors (Lipinski definition) is 0. The summed E-state index contributed by atoms with van der Waals surface area (Å²) in [4.78, 5) is 4.65. The number of halogens is 2. The van der Waals surface area contributed by atoms with E-state index in [0.717, 1.165) is 16.3 Å². The van der Waals surface area contributed by atoms with Crippen LogP contribution in [-0.2, 0) is 11.8 Å². The molecule has 154 valence electrons. The zero-order valence-electron chi connectivity index (χ0n) is 15.9. The zero-order valence-corrected chi connectivity index (χ0v) is 19.1. The molecule has 0 N–H and O–H groups in total. The number of fused-ring (bicyclic) bond motifs is 2. The molecule has 0 saturated carbocycles. The molecule has 0 spiro atoms. The van der Waals surface area contributed by atoms with Crippen LogP contribution in [0.15, 0.2) is 89.3 Å². The van der Waals surface area contributed by atoms with Crippen LogP contribution in [-0.4, -0.2) is 4.98 Å². The zero-order chi connectivity index (χ0) is 21.4. The first-order valence-electron chi connectivity index (χ1n) is 9.31. The Labute approximate surface area is 193 Å². The second kappa shape index (κ2) is 8.18. The van der Waals surface area contributed by atoms with Crippen molar-refractivity contribution >= 4 is 62.4 Å². The Bertz CT molecular complexity index is 1420. The minimum absolute atomic E-state index is 0.422. The van der Waals surface area contributed by atoms with E-state index in [9.17, 15) is 0 Å². The van der Waals surface area contributed by atoms with Crippen LogP contribution in [0, 0.1) is 0 Å². The predicted octanol–water partition coefficient (Wildman–Crippen LogP) is 8.22. The van der Waals surface area contributed by atoms with Crippen LogP contribution in [0.3, 0.4) is 0 Å². The first kappa shape index (κ1) is 20.3. The van der Waals surface area contributed by atoms with Crippen molar-refractivity contribution in [2.75, 3.05) is 0 Å². The summed E-state index contributed by atoms with van der Waals surface area (Å²) in [6.45, 7) is 0. The maximum atomic E-state index is 6.53. The molecule has 0 aliphatic rings. The molecule has 0 radical (unpaired) electrons. The minimum atomic E-state index is -3.22. The number of hydrogen-bond acceptors (Lipinski definition) is 5. The number of nitrogens with zero attached hydrogens (tertiary/aromatic N) is 1. The quantitative estimate of drug-likeness (QED) is 0.234. The number of rotatable bonds is 5. The molecule has 5 rings (SSSR count). The number of para-hydroxylation sites is 2. The highest BCUT2D eigenvalue weighted by Gasteiger charge is 2.24. The largest absolute Gasteiger partial charge is 0.436 e. The highest BCUT2D eigenvalue weighted by atomic mass is 35.7. The molecule has 31 heavy (non-hydrogen) atoms. The van der Waals surface area contributed by atoms with Crippen molar-refractivity contribution < 1.29 is 13.5 Å². The Morgan fingerprint density at radius 3 is 2.39 bits per heavy atom. The van der Waals surface area contributed by atoms with Gasteiger partial charge >= 0.3 is 5.84 Å². The molecule has 0 amide bonds. The molecule has 0 bridgehead atoms. The van der Waals surface area contributed by atoms with E-state index in [2.05, 4.69) is 4.98 Å². The van der Waals surface area contributed by atoms with Crippen molar-refractivity contribution in [3.63, 3.8) is 0 Å². The lowest BCUT2D eigenvalue weighted by molar-refractivity contribution is 0.504. The lowest BCUT2D eigenvalue weighted by atomic mass is 10.0. The molecule has 0 aliphatic heterocycles. The molecule has 4 nitrogen and oxygen atoms in total. The number of benzene rings is 4. The van der Waals surface area contributed by atoms with E-state index in [1.165, 1.54) is 0 Å². The third-order valence-corrected chi connectivity index (χ3v) is 6.59. The molecular weight excluding hydrogens is 472 g/mol. The molecule has 1 heterocycles. The molecule has 1 atom stereocenters.